The largest absolute Gasteiger partial charge is 0.468 e. The first kappa shape index (κ1) is 13.9. The molecule has 0 aliphatic rings. The molecule has 1 atom stereocenters. The van der Waals surface area contributed by atoms with Crippen molar-refractivity contribution in [1.29, 1.82) is 0 Å². The van der Waals surface area contributed by atoms with E-state index in [1.165, 1.54) is 0 Å². The van der Waals surface area contributed by atoms with Gasteiger partial charge in [0.1, 0.15) is 0 Å². The van der Waals surface area contributed by atoms with Crippen LogP contribution in [0, 0.1) is 12.3 Å². The van der Waals surface area contributed by atoms with Crippen molar-refractivity contribution in [2.75, 3.05) is 12.9 Å². The highest BCUT2D eigenvalue weighted by Crippen LogP contribution is 1.98. The van der Waals surface area contributed by atoms with E-state index in [4.69, 9.17) is 6.42 Å². The molecule has 5 nitrogen and oxygen atoms in total. The van der Waals surface area contributed by atoms with E-state index in [0.717, 1.165) is 13.5 Å². The topological polar surface area (TPSA) is 72.5 Å². The van der Waals surface area contributed by atoms with Gasteiger partial charge in [-0.15, -0.1) is 6.42 Å². The van der Waals surface area contributed by atoms with Crippen molar-refractivity contribution in [3.8, 4) is 12.3 Å². The van der Waals surface area contributed by atoms with Crippen molar-refractivity contribution in [1.82, 2.24) is 4.72 Å². The van der Waals surface area contributed by atoms with Crippen molar-refractivity contribution in [2.24, 2.45) is 0 Å². The molecule has 1 N–H and O–H groups in total. The van der Waals surface area contributed by atoms with E-state index in [1.54, 1.807) is 0 Å². The molecule has 1 unspecified atom stereocenters. The molecular formula is C9H15NO4S. The van der Waals surface area contributed by atoms with Crippen molar-refractivity contribution < 1.29 is 17.9 Å². The van der Waals surface area contributed by atoms with Gasteiger partial charge in [-0.2, -0.15) is 4.72 Å². The molecule has 0 aromatic carbocycles. The maximum atomic E-state index is 11.3. The van der Waals surface area contributed by atoms with Gasteiger partial charge in [0.15, 0.2) is 5.75 Å². The van der Waals surface area contributed by atoms with Crippen LogP contribution in [0.4, 0.5) is 0 Å². The van der Waals surface area contributed by atoms with Gasteiger partial charge in [0.05, 0.1) is 13.2 Å². The number of terminal acetylenes is 1. The molecule has 0 amide bonds. The number of hydrogen-bond donors (Lipinski definition) is 1. The predicted octanol–water partition coefficient (Wildman–Crippen LogP) is -0.119. The third-order valence-electron chi connectivity index (χ3n) is 1.64. The summed E-state index contributed by atoms with van der Waals surface area (Å²) in [5, 5.41) is 0. The highest BCUT2D eigenvalue weighted by atomic mass is 32.2. The summed E-state index contributed by atoms with van der Waals surface area (Å²) in [4.78, 5) is 10.8. The average molecular weight is 233 g/mol. The van der Waals surface area contributed by atoms with E-state index in [0.29, 0.717) is 6.42 Å². The lowest BCUT2D eigenvalue weighted by Gasteiger charge is -2.11. The Kier molecular flexibility index (Phi) is 5.97. The molecule has 0 saturated carbocycles. The molecule has 15 heavy (non-hydrogen) atoms. The van der Waals surface area contributed by atoms with E-state index >= 15 is 0 Å². The van der Waals surface area contributed by atoms with Crippen molar-refractivity contribution >= 4 is 16.0 Å². The summed E-state index contributed by atoms with van der Waals surface area (Å²) >= 11 is 0. The molecule has 0 saturated heterocycles. The van der Waals surface area contributed by atoms with E-state index in [-0.39, 0.29) is 0 Å². The molecule has 0 bridgehead atoms. The van der Waals surface area contributed by atoms with Crippen LogP contribution in [0.2, 0.25) is 0 Å². The van der Waals surface area contributed by atoms with Crippen LogP contribution in [0.15, 0.2) is 0 Å². The molecule has 0 radical (unpaired) electrons. The minimum absolute atomic E-state index is 0.539. The quantitative estimate of drug-likeness (QED) is 0.513. The van der Waals surface area contributed by atoms with E-state index in [2.05, 4.69) is 15.4 Å². The molecule has 0 fully saturated rings. The molecule has 0 aromatic rings. The Hall–Kier alpha value is -1.06. The van der Waals surface area contributed by atoms with Crippen molar-refractivity contribution in [3.63, 3.8) is 0 Å². The lowest BCUT2D eigenvalue weighted by atomic mass is 10.2. The van der Waals surface area contributed by atoms with Crippen LogP contribution in [-0.2, 0) is 19.6 Å². The zero-order chi connectivity index (χ0) is 11.9. The second kappa shape index (κ2) is 6.43. The standard InChI is InChI=1S/C9H15NO4S/c1-4-6-8(5-2)10-15(12,13)7-9(11)14-3/h2,8,10H,4,6-7H2,1,3H3. The van der Waals surface area contributed by atoms with Crippen LogP contribution in [-0.4, -0.2) is 33.3 Å². The smallest absolute Gasteiger partial charge is 0.322 e. The zero-order valence-electron chi connectivity index (χ0n) is 8.82. The van der Waals surface area contributed by atoms with Gasteiger partial charge in [0.25, 0.3) is 0 Å². The number of carbonyl (C=O) groups excluding carboxylic acids is 1. The Morgan fingerprint density at radius 3 is 2.60 bits per heavy atom. The first-order valence-corrected chi connectivity index (χ1v) is 6.13. The number of nitrogens with one attached hydrogen (secondary N) is 1. The maximum Gasteiger partial charge on any atom is 0.322 e. The third-order valence-corrected chi connectivity index (χ3v) is 2.90. The molecule has 0 rings (SSSR count). The van der Waals surface area contributed by atoms with Crippen molar-refractivity contribution in [3.05, 3.63) is 0 Å². The lowest BCUT2D eigenvalue weighted by molar-refractivity contribution is -0.137. The van der Waals surface area contributed by atoms with Crippen LogP contribution in [0.25, 0.3) is 0 Å². The molecule has 0 aliphatic carbocycles. The summed E-state index contributed by atoms with van der Waals surface area (Å²) in [7, 11) is -2.57. The predicted molar refractivity (Wildman–Crippen MR) is 56.5 cm³/mol. The number of sulfonamides is 1. The molecule has 0 spiro atoms. The third kappa shape index (κ3) is 6.10. The summed E-state index contributed by atoms with van der Waals surface area (Å²) in [6, 6.07) is -0.565. The second-order valence-corrected chi connectivity index (χ2v) is 4.71. The van der Waals surface area contributed by atoms with Gasteiger partial charge in [0.2, 0.25) is 10.0 Å². The molecular weight excluding hydrogens is 218 g/mol. The minimum Gasteiger partial charge on any atom is -0.468 e. The van der Waals surface area contributed by atoms with E-state index in [9.17, 15) is 13.2 Å². The number of carbonyl (C=O) groups is 1. The molecule has 0 aromatic heterocycles. The Morgan fingerprint density at radius 1 is 1.60 bits per heavy atom. The Bertz CT molecular complexity index is 342. The summed E-state index contributed by atoms with van der Waals surface area (Å²) in [5.74, 6) is 0.795. The van der Waals surface area contributed by atoms with Gasteiger partial charge in [-0.25, -0.2) is 8.42 Å². The molecule has 0 aliphatic heterocycles. The Labute approximate surface area is 90.2 Å². The molecule has 6 heteroatoms. The number of esters is 1. The van der Waals surface area contributed by atoms with Gasteiger partial charge < -0.3 is 4.74 Å². The number of ether oxygens (including phenoxy) is 1. The Balaban J connectivity index is 4.37. The van der Waals surface area contributed by atoms with Gasteiger partial charge >= 0.3 is 5.97 Å². The normalized spacial score (nSPS) is 12.9. The fourth-order valence-electron chi connectivity index (χ4n) is 0.937. The molecule has 0 heterocycles. The van der Waals surface area contributed by atoms with Gasteiger partial charge in [-0.1, -0.05) is 19.3 Å². The average Bonchev–Trinajstić information content (AvgIpc) is 2.15. The van der Waals surface area contributed by atoms with Crippen molar-refractivity contribution in [2.45, 2.75) is 25.8 Å². The van der Waals surface area contributed by atoms with Gasteiger partial charge in [-0.05, 0) is 6.42 Å². The lowest BCUT2D eigenvalue weighted by Crippen LogP contribution is -2.37. The van der Waals surface area contributed by atoms with Gasteiger partial charge in [0, 0.05) is 0 Å². The van der Waals surface area contributed by atoms with Gasteiger partial charge in [-0.3, -0.25) is 4.79 Å². The first-order valence-electron chi connectivity index (χ1n) is 4.48. The molecule has 86 valence electrons. The fraction of sp³-hybridized carbons (Fsp3) is 0.667. The summed E-state index contributed by atoms with van der Waals surface area (Å²) < 4.78 is 29.2. The minimum atomic E-state index is -3.69. The van der Waals surface area contributed by atoms with Crippen LogP contribution >= 0.6 is 0 Å². The maximum absolute atomic E-state index is 11.3. The zero-order valence-corrected chi connectivity index (χ0v) is 9.63. The first-order chi connectivity index (χ1) is 6.95. The second-order valence-electron chi connectivity index (χ2n) is 2.96. The van der Waals surface area contributed by atoms with Crippen LogP contribution in [0.1, 0.15) is 19.8 Å². The number of methoxy groups -OCH3 is 1. The van der Waals surface area contributed by atoms with Crippen LogP contribution in [0.3, 0.4) is 0 Å². The summed E-state index contributed by atoms with van der Waals surface area (Å²) in [5.41, 5.74) is 0. The summed E-state index contributed by atoms with van der Waals surface area (Å²) in [6.45, 7) is 1.89. The number of hydrogen-bond acceptors (Lipinski definition) is 4. The van der Waals surface area contributed by atoms with E-state index < -0.39 is 27.8 Å². The fourth-order valence-corrected chi connectivity index (χ4v) is 2.07. The summed E-state index contributed by atoms with van der Waals surface area (Å²) in [6.07, 6.45) is 6.43. The number of rotatable bonds is 6. The monoisotopic (exact) mass is 233 g/mol. The van der Waals surface area contributed by atoms with Crippen LogP contribution in [0.5, 0.6) is 0 Å². The van der Waals surface area contributed by atoms with E-state index in [1.807, 2.05) is 6.92 Å². The highest BCUT2D eigenvalue weighted by molar-refractivity contribution is 7.90. The highest BCUT2D eigenvalue weighted by Gasteiger charge is 2.19. The SMILES string of the molecule is C#CC(CCC)NS(=O)(=O)CC(=O)OC. The Morgan fingerprint density at radius 2 is 2.20 bits per heavy atom. The van der Waals surface area contributed by atoms with Crippen LogP contribution < -0.4 is 4.72 Å².